The van der Waals surface area contributed by atoms with E-state index in [0.717, 1.165) is 36.5 Å². The van der Waals surface area contributed by atoms with Crippen molar-refractivity contribution in [1.82, 2.24) is 20.2 Å². The van der Waals surface area contributed by atoms with Crippen molar-refractivity contribution >= 4 is 27.7 Å². The van der Waals surface area contributed by atoms with Crippen LogP contribution < -0.4 is 10.2 Å². The Labute approximate surface area is 115 Å². The summed E-state index contributed by atoms with van der Waals surface area (Å²) in [6.07, 6.45) is 3.15. The third kappa shape index (κ3) is 3.17. The molecule has 6 nitrogen and oxygen atoms in total. The number of anilines is 1. The van der Waals surface area contributed by atoms with E-state index in [4.69, 9.17) is 0 Å². The van der Waals surface area contributed by atoms with Gasteiger partial charge in [0.15, 0.2) is 0 Å². The van der Waals surface area contributed by atoms with Gasteiger partial charge in [-0.15, -0.1) is 0 Å². The first-order chi connectivity index (χ1) is 8.68. The van der Waals surface area contributed by atoms with Crippen LogP contribution in [0.4, 0.5) is 5.82 Å². The number of hydrogen-bond acceptors (Lipinski definition) is 5. The number of amides is 1. The molecule has 18 heavy (non-hydrogen) atoms. The van der Waals surface area contributed by atoms with Crippen LogP contribution in [0.25, 0.3) is 0 Å². The summed E-state index contributed by atoms with van der Waals surface area (Å²) < 4.78 is 0.792. The van der Waals surface area contributed by atoms with Crippen LogP contribution in [0.1, 0.15) is 0 Å². The summed E-state index contributed by atoms with van der Waals surface area (Å²) in [4.78, 5) is 23.9. The van der Waals surface area contributed by atoms with Gasteiger partial charge in [-0.2, -0.15) is 0 Å². The summed E-state index contributed by atoms with van der Waals surface area (Å²) in [7, 11) is 1.85. The molecule has 1 aromatic heterocycles. The zero-order chi connectivity index (χ0) is 13.0. The molecule has 0 unspecified atom stereocenters. The van der Waals surface area contributed by atoms with Gasteiger partial charge >= 0.3 is 0 Å². The summed E-state index contributed by atoms with van der Waals surface area (Å²) in [6, 6.07) is 0. The van der Waals surface area contributed by atoms with Crippen LogP contribution in [0.3, 0.4) is 0 Å². The molecule has 2 rings (SSSR count). The predicted molar refractivity (Wildman–Crippen MR) is 72.5 cm³/mol. The van der Waals surface area contributed by atoms with Gasteiger partial charge in [0.25, 0.3) is 0 Å². The molecule has 2 heterocycles. The lowest BCUT2D eigenvalue weighted by Gasteiger charge is -2.29. The van der Waals surface area contributed by atoms with Gasteiger partial charge in [-0.1, -0.05) is 0 Å². The first-order valence-corrected chi connectivity index (χ1v) is 6.63. The van der Waals surface area contributed by atoms with Gasteiger partial charge < -0.3 is 15.1 Å². The number of nitrogens with one attached hydrogen (secondary N) is 1. The first-order valence-electron chi connectivity index (χ1n) is 5.83. The Morgan fingerprint density at radius 2 is 2.28 bits per heavy atom. The topological polar surface area (TPSA) is 61.4 Å². The van der Waals surface area contributed by atoms with Crippen molar-refractivity contribution in [3.05, 3.63) is 17.0 Å². The Morgan fingerprint density at radius 1 is 1.56 bits per heavy atom. The lowest BCUT2D eigenvalue weighted by atomic mass is 10.3. The number of aromatic nitrogens is 2. The highest BCUT2D eigenvalue weighted by molar-refractivity contribution is 9.10. The number of rotatable bonds is 3. The van der Waals surface area contributed by atoms with Crippen molar-refractivity contribution in [2.45, 2.75) is 0 Å². The fraction of sp³-hybridized carbons (Fsp3) is 0.545. The molecule has 0 bridgehead atoms. The third-order valence-electron chi connectivity index (χ3n) is 2.85. The van der Waals surface area contributed by atoms with Gasteiger partial charge in [0.05, 0.1) is 11.0 Å². The molecule has 1 aromatic rings. The number of halogens is 1. The van der Waals surface area contributed by atoms with Crippen molar-refractivity contribution in [3.8, 4) is 0 Å². The van der Waals surface area contributed by atoms with Gasteiger partial charge in [-0.25, -0.2) is 9.97 Å². The molecule has 1 aliphatic heterocycles. The van der Waals surface area contributed by atoms with Gasteiger partial charge in [-0.3, -0.25) is 4.79 Å². The van der Waals surface area contributed by atoms with E-state index in [2.05, 4.69) is 31.2 Å². The molecule has 0 spiro atoms. The van der Waals surface area contributed by atoms with E-state index < -0.39 is 0 Å². The van der Waals surface area contributed by atoms with E-state index in [9.17, 15) is 4.79 Å². The predicted octanol–water partition coefficient (Wildman–Crippen LogP) is 0.107. The van der Waals surface area contributed by atoms with Crippen LogP contribution in [0.2, 0.25) is 0 Å². The van der Waals surface area contributed by atoms with E-state index in [-0.39, 0.29) is 5.91 Å². The fourth-order valence-electron chi connectivity index (χ4n) is 1.88. The molecule has 1 fully saturated rings. The molecule has 1 saturated heterocycles. The molecule has 0 radical (unpaired) electrons. The minimum Gasteiger partial charge on any atom is -0.349 e. The largest absolute Gasteiger partial charge is 0.349 e. The molecule has 1 aliphatic rings. The smallest absolute Gasteiger partial charge is 0.242 e. The van der Waals surface area contributed by atoms with Crippen LogP contribution in [-0.2, 0) is 4.79 Å². The summed E-state index contributed by atoms with van der Waals surface area (Å²) in [6.45, 7) is 3.62. The monoisotopic (exact) mass is 313 g/mol. The second kappa shape index (κ2) is 6.10. The van der Waals surface area contributed by atoms with Crippen molar-refractivity contribution in [3.63, 3.8) is 0 Å². The number of carbonyl (C=O) groups is 1. The van der Waals surface area contributed by atoms with Crippen LogP contribution in [0, 0.1) is 0 Å². The molecule has 1 amide bonds. The summed E-state index contributed by atoms with van der Waals surface area (Å²) in [5.41, 5.74) is 0. The maximum atomic E-state index is 12.1. The van der Waals surface area contributed by atoms with Crippen LogP contribution in [0.15, 0.2) is 17.0 Å². The Balaban J connectivity index is 1.96. The van der Waals surface area contributed by atoms with Gasteiger partial charge in [0.2, 0.25) is 5.91 Å². The van der Waals surface area contributed by atoms with Crippen molar-refractivity contribution in [2.24, 2.45) is 0 Å². The highest BCUT2D eigenvalue weighted by Crippen LogP contribution is 2.20. The summed E-state index contributed by atoms with van der Waals surface area (Å²) in [5, 5.41) is 3.23. The summed E-state index contributed by atoms with van der Waals surface area (Å²) >= 11 is 3.38. The van der Waals surface area contributed by atoms with Crippen LogP contribution in [-0.4, -0.2) is 60.5 Å². The Morgan fingerprint density at radius 3 is 2.94 bits per heavy atom. The van der Waals surface area contributed by atoms with E-state index in [0.29, 0.717) is 6.54 Å². The fourth-order valence-corrected chi connectivity index (χ4v) is 2.40. The lowest BCUT2D eigenvalue weighted by Crippen LogP contribution is -2.49. The second-order valence-electron chi connectivity index (χ2n) is 4.18. The molecule has 0 saturated carbocycles. The normalized spacial score (nSPS) is 15.6. The van der Waals surface area contributed by atoms with E-state index in [1.54, 1.807) is 6.20 Å². The molecule has 0 aliphatic carbocycles. The lowest BCUT2D eigenvalue weighted by molar-refractivity contribution is -0.130. The maximum Gasteiger partial charge on any atom is 0.242 e. The zero-order valence-electron chi connectivity index (χ0n) is 10.3. The standard InChI is InChI=1S/C11H16BrN5O/c1-16(11-9(12)6-14-8-15-11)7-10(18)17-4-2-13-3-5-17/h6,8,13H,2-5,7H2,1H3. The number of likely N-dealkylation sites (N-methyl/N-ethyl adjacent to an activating group) is 1. The second-order valence-corrected chi connectivity index (χ2v) is 5.04. The third-order valence-corrected chi connectivity index (χ3v) is 3.41. The van der Waals surface area contributed by atoms with E-state index in [1.165, 1.54) is 6.33 Å². The maximum absolute atomic E-state index is 12.1. The molecule has 0 aromatic carbocycles. The Bertz CT molecular complexity index is 422. The van der Waals surface area contributed by atoms with Gasteiger partial charge in [0, 0.05) is 39.4 Å². The van der Waals surface area contributed by atoms with Crippen molar-refractivity contribution in [2.75, 3.05) is 44.7 Å². The molecule has 7 heteroatoms. The molecule has 98 valence electrons. The quantitative estimate of drug-likeness (QED) is 0.858. The highest BCUT2D eigenvalue weighted by Gasteiger charge is 2.19. The first kappa shape index (κ1) is 13.2. The Kier molecular flexibility index (Phi) is 4.48. The van der Waals surface area contributed by atoms with Crippen LogP contribution >= 0.6 is 15.9 Å². The minimum atomic E-state index is 0.129. The van der Waals surface area contributed by atoms with Crippen molar-refractivity contribution in [1.29, 1.82) is 0 Å². The molecular weight excluding hydrogens is 298 g/mol. The van der Waals surface area contributed by atoms with Crippen LogP contribution in [0.5, 0.6) is 0 Å². The highest BCUT2D eigenvalue weighted by atomic mass is 79.9. The minimum absolute atomic E-state index is 0.129. The number of nitrogens with zero attached hydrogens (tertiary/aromatic N) is 4. The van der Waals surface area contributed by atoms with Gasteiger partial charge in [-0.05, 0) is 15.9 Å². The van der Waals surface area contributed by atoms with E-state index >= 15 is 0 Å². The SMILES string of the molecule is CN(CC(=O)N1CCNCC1)c1ncncc1Br. The number of hydrogen-bond donors (Lipinski definition) is 1. The Hall–Kier alpha value is -1.21. The molecule has 1 N–H and O–H groups in total. The van der Waals surface area contributed by atoms with E-state index in [1.807, 2.05) is 16.8 Å². The van der Waals surface area contributed by atoms with Crippen molar-refractivity contribution < 1.29 is 4.79 Å². The van der Waals surface area contributed by atoms with Gasteiger partial charge in [0.1, 0.15) is 12.1 Å². The summed E-state index contributed by atoms with van der Waals surface area (Å²) in [5.74, 6) is 0.859. The zero-order valence-corrected chi connectivity index (χ0v) is 11.9. The number of piperazine rings is 1. The molecule has 0 atom stereocenters. The average Bonchev–Trinajstić information content (AvgIpc) is 2.40. The average molecular weight is 314 g/mol. The number of carbonyl (C=O) groups excluding carboxylic acids is 1. The molecular formula is C11H16BrN5O.